The van der Waals surface area contributed by atoms with Gasteiger partial charge in [-0.05, 0) is 23.8 Å². The van der Waals surface area contributed by atoms with Crippen LogP contribution in [0.4, 0.5) is 18.9 Å². The number of imidazole rings is 1. The van der Waals surface area contributed by atoms with Gasteiger partial charge in [-0.3, -0.25) is 4.79 Å². The topological polar surface area (TPSA) is 62.7 Å². The Balaban J connectivity index is 1.48. The van der Waals surface area contributed by atoms with Gasteiger partial charge in [0, 0.05) is 29.8 Å². The normalized spacial score (nSPS) is 11.7. The molecule has 0 radical (unpaired) electrons. The zero-order valence-electron chi connectivity index (χ0n) is 14.8. The summed E-state index contributed by atoms with van der Waals surface area (Å²) in [6, 6.07) is 11.1. The van der Waals surface area contributed by atoms with Crippen LogP contribution in [-0.2, 0) is 12.7 Å². The van der Waals surface area contributed by atoms with Crippen LogP contribution in [0.5, 0.6) is 0 Å². The average molecular weight is 419 g/mol. The highest BCUT2D eigenvalue weighted by Gasteiger charge is 2.33. The highest BCUT2D eigenvalue weighted by Crippen LogP contribution is 2.35. The van der Waals surface area contributed by atoms with E-state index >= 15 is 0 Å². The predicted molar refractivity (Wildman–Crippen MR) is 104 cm³/mol. The molecule has 5 nitrogen and oxygen atoms in total. The fraction of sp³-hybridized carbons (Fsp3) is 0.100. The van der Waals surface area contributed by atoms with Gasteiger partial charge in [-0.2, -0.15) is 13.2 Å². The first-order valence-corrected chi connectivity index (χ1v) is 8.94. The highest BCUT2D eigenvalue weighted by atomic mass is 35.5. The fourth-order valence-electron chi connectivity index (χ4n) is 3.02. The molecule has 4 aromatic rings. The number of hydrogen-bond acceptors (Lipinski definition) is 2. The van der Waals surface area contributed by atoms with E-state index in [0.29, 0.717) is 11.3 Å². The molecule has 0 unspecified atom stereocenters. The van der Waals surface area contributed by atoms with Crippen LogP contribution < -0.4 is 5.32 Å². The number of carbonyl (C=O) groups excluding carboxylic acids is 1. The first-order chi connectivity index (χ1) is 13.8. The summed E-state index contributed by atoms with van der Waals surface area (Å²) in [7, 11) is 0. The summed E-state index contributed by atoms with van der Waals surface area (Å²) in [4.78, 5) is 19.6. The number of benzene rings is 2. The SMILES string of the molecule is O=C(Nc1c[nH]c2ccccc12)c1cn(Cc2ccc(C(F)(F)F)c(Cl)c2)cn1. The number of aromatic nitrogens is 3. The number of amides is 1. The predicted octanol–water partition coefficient (Wildman–Crippen LogP) is 5.34. The number of nitrogens with one attached hydrogen (secondary N) is 2. The Morgan fingerprint density at radius 3 is 2.76 bits per heavy atom. The van der Waals surface area contributed by atoms with Crippen molar-refractivity contribution in [3.8, 4) is 0 Å². The largest absolute Gasteiger partial charge is 0.417 e. The lowest BCUT2D eigenvalue weighted by molar-refractivity contribution is -0.137. The number of halogens is 4. The molecule has 0 bridgehead atoms. The van der Waals surface area contributed by atoms with E-state index in [-0.39, 0.29) is 23.2 Å². The fourth-order valence-corrected chi connectivity index (χ4v) is 3.33. The van der Waals surface area contributed by atoms with E-state index in [1.165, 1.54) is 24.7 Å². The molecule has 1 amide bonds. The number of anilines is 1. The monoisotopic (exact) mass is 418 g/mol. The maximum atomic E-state index is 12.8. The van der Waals surface area contributed by atoms with Gasteiger partial charge >= 0.3 is 6.18 Å². The number of aromatic amines is 1. The van der Waals surface area contributed by atoms with Crippen molar-refractivity contribution in [2.45, 2.75) is 12.7 Å². The molecule has 2 heterocycles. The zero-order chi connectivity index (χ0) is 20.6. The highest BCUT2D eigenvalue weighted by molar-refractivity contribution is 6.31. The van der Waals surface area contributed by atoms with Gasteiger partial charge in [-0.15, -0.1) is 0 Å². The number of nitrogens with zero attached hydrogens (tertiary/aromatic N) is 2. The molecule has 148 valence electrons. The van der Waals surface area contributed by atoms with Crippen LogP contribution in [-0.4, -0.2) is 20.4 Å². The number of hydrogen-bond donors (Lipinski definition) is 2. The molecule has 4 rings (SSSR count). The number of para-hydroxylation sites is 1. The van der Waals surface area contributed by atoms with Gasteiger partial charge in [-0.25, -0.2) is 4.98 Å². The number of H-pyrrole nitrogens is 1. The van der Waals surface area contributed by atoms with E-state index in [4.69, 9.17) is 11.6 Å². The van der Waals surface area contributed by atoms with E-state index in [1.54, 1.807) is 10.8 Å². The molecule has 0 aliphatic heterocycles. The molecule has 0 fully saturated rings. The number of fused-ring (bicyclic) bond motifs is 1. The molecular formula is C20H14ClF3N4O. The summed E-state index contributed by atoms with van der Waals surface area (Å²) in [6.07, 6.45) is 0.160. The second-order valence-corrected chi connectivity index (χ2v) is 6.85. The Kier molecular flexibility index (Phi) is 4.79. The molecule has 0 saturated heterocycles. The maximum Gasteiger partial charge on any atom is 0.417 e. The van der Waals surface area contributed by atoms with E-state index in [0.717, 1.165) is 17.0 Å². The minimum Gasteiger partial charge on any atom is -0.359 e. The summed E-state index contributed by atoms with van der Waals surface area (Å²) in [5, 5.41) is 3.31. The van der Waals surface area contributed by atoms with E-state index in [9.17, 15) is 18.0 Å². The van der Waals surface area contributed by atoms with Crippen LogP contribution in [0.3, 0.4) is 0 Å². The minimum absolute atomic E-state index is 0.188. The van der Waals surface area contributed by atoms with Gasteiger partial charge < -0.3 is 14.9 Å². The molecule has 0 atom stereocenters. The maximum absolute atomic E-state index is 12.8. The van der Waals surface area contributed by atoms with Crippen molar-refractivity contribution in [1.29, 1.82) is 0 Å². The van der Waals surface area contributed by atoms with Gasteiger partial charge in [0.25, 0.3) is 5.91 Å². The molecule has 0 spiro atoms. The molecule has 29 heavy (non-hydrogen) atoms. The molecule has 2 aromatic carbocycles. The molecule has 0 aliphatic rings. The molecule has 2 N–H and O–H groups in total. The van der Waals surface area contributed by atoms with Crippen molar-refractivity contribution in [2.24, 2.45) is 0 Å². The van der Waals surface area contributed by atoms with Crippen molar-refractivity contribution in [1.82, 2.24) is 14.5 Å². The molecule has 0 aliphatic carbocycles. The van der Waals surface area contributed by atoms with Crippen molar-refractivity contribution < 1.29 is 18.0 Å². The van der Waals surface area contributed by atoms with Gasteiger partial charge in [0.1, 0.15) is 5.69 Å². The third-order valence-electron chi connectivity index (χ3n) is 4.41. The Bertz CT molecular complexity index is 1200. The summed E-state index contributed by atoms with van der Waals surface area (Å²) in [5.74, 6) is -0.390. The first-order valence-electron chi connectivity index (χ1n) is 8.56. The standard InChI is InChI=1S/C20H14ClF3N4O/c21-15-7-12(5-6-14(15)20(22,23)24)9-28-10-18(26-11-28)19(29)27-17-8-25-16-4-2-1-3-13(16)17/h1-8,10-11,25H,9H2,(H,27,29). The third kappa shape index (κ3) is 3.97. The van der Waals surface area contributed by atoms with Gasteiger partial charge in [-0.1, -0.05) is 35.9 Å². The van der Waals surface area contributed by atoms with Gasteiger partial charge in [0.15, 0.2) is 0 Å². The average Bonchev–Trinajstić information content (AvgIpc) is 3.28. The van der Waals surface area contributed by atoms with Crippen molar-refractivity contribution in [3.63, 3.8) is 0 Å². The van der Waals surface area contributed by atoms with Crippen molar-refractivity contribution >= 4 is 34.1 Å². The van der Waals surface area contributed by atoms with Crippen LogP contribution in [0.1, 0.15) is 21.6 Å². The van der Waals surface area contributed by atoms with E-state index < -0.39 is 11.7 Å². The summed E-state index contributed by atoms with van der Waals surface area (Å²) < 4.78 is 40.0. The zero-order valence-corrected chi connectivity index (χ0v) is 15.6. The van der Waals surface area contributed by atoms with E-state index in [2.05, 4.69) is 15.3 Å². The Morgan fingerprint density at radius 1 is 1.21 bits per heavy atom. The quantitative estimate of drug-likeness (QED) is 0.470. The summed E-state index contributed by atoms with van der Waals surface area (Å²) in [5.41, 5.74) is 1.40. The third-order valence-corrected chi connectivity index (χ3v) is 4.72. The number of carbonyl (C=O) groups is 1. The lowest BCUT2D eigenvalue weighted by atomic mass is 10.1. The summed E-state index contributed by atoms with van der Waals surface area (Å²) >= 11 is 5.75. The molecule has 9 heteroatoms. The van der Waals surface area contributed by atoms with Crippen LogP contribution in [0, 0.1) is 0 Å². The van der Waals surface area contributed by atoms with Crippen LogP contribution >= 0.6 is 11.6 Å². The van der Waals surface area contributed by atoms with Crippen LogP contribution in [0.25, 0.3) is 10.9 Å². The number of alkyl halides is 3. The number of rotatable bonds is 4. The first kappa shape index (κ1) is 19.1. The van der Waals surface area contributed by atoms with Crippen molar-refractivity contribution in [3.05, 3.63) is 83.0 Å². The lowest BCUT2D eigenvalue weighted by Crippen LogP contribution is -2.12. The van der Waals surface area contributed by atoms with Crippen molar-refractivity contribution in [2.75, 3.05) is 5.32 Å². The lowest BCUT2D eigenvalue weighted by Gasteiger charge is -2.10. The van der Waals surface area contributed by atoms with Crippen LogP contribution in [0.2, 0.25) is 5.02 Å². The Labute approximate surface area is 168 Å². The van der Waals surface area contributed by atoms with Gasteiger partial charge in [0.2, 0.25) is 0 Å². The van der Waals surface area contributed by atoms with Crippen LogP contribution in [0.15, 0.2) is 61.2 Å². The Morgan fingerprint density at radius 2 is 2.00 bits per heavy atom. The molecule has 2 aromatic heterocycles. The minimum atomic E-state index is -4.50. The molecule has 0 saturated carbocycles. The van der Waals surface area contributed by atoms with Gasteiger partial charge in [0.05, 0.1) is 22.6 Å². The second kappa shape index (κ2) is 7.29. The summed E-state index contributed by atoms with van der Waals surface area (Å²) in [6.45, 7) is 0.227. The molecular weight excluding hydrogens is 405 g/mol. The Hall–Kier alpha value is -3.26. The van der Waals surface area contributed by atoms with E-state index in [1.807, 2.05) is 24.3 Å². The smallest absolute Gasteiger partial charge is 0.359 e. The second-order valence-electron chi connectivity index (χ2n) is 6.45.